The van der Waals surface area contributed by atoms with Crippen LogP contribution in [0.4, 0.5) is 5.69 Å². The molecule has 5 heteroatoms. The number of nitrogens with one attached hydrogen (secondary N) is 1. The number of halogens is 1. The number of carbonyl (C=O) groups excluding carboxylic acids is 1. The number of anilines is 1. The molecule has 1 aromatic carbocycles. The molecule has 1 aromatic rings. The molecule has 1 heterocycles. The second kappa shape index (κ2) is 7.50. The fourth-order valence-electron chi connectivity index (χ4n) is 2.38. The first-order valence-corrected chi connectivity index (χ1v) is 7.56. The molecule has 1 fully saturated rings. The molecule has 1 aliphatic heterocycles. The van der Waals surface area contributed by atoms with Crippen LogP contribution in [0.25, 0.3) is 0 Å². The molecule has 0 aliphatic carbocycles. The van der Waals surface area contributed by atoms with E-state index < -0.39 is 0 Å². The van der Waals surface area contributed by atoms with Crippen molar-refractivity contribution in [1.29, 1.82) is 0 Å². The van der Waals surface area contributed by atoms with Gasteiger partial charge in [-0.15, -0.1) is 0 Å². The van der Waals surface area contributed by atoms with Gasteiger partial charge in [0.1, 0.15) is 0 Å². The van der Waals surface area contributed by atoms with Crippen molar-refractivity contribution in [2.75, 3.05) is 44.6 Å². The molecule has 110 valence electrons. The van der Waals surface area contributed by atoms with Crippen LogP contribution < -0.4 is 5.32 Å². The Bertz CT molecular complexity index is 444. The summed E-state index contributed by atoms with van der Waals surface area (Å²) < 4.78 is 0. The fraction of sp³-hybridized carbons (Fsp3) is 0.533. The molecule has 4 nitrogen and oxygen atoms in total. The second-order valence-corrected chi connectivity index (χ2v) is 5.44. The smallest absolute Gasteiger partial charge is 0.224 e. The number of rotatable bonds is 5. The third-order valence-corrected chi connectivity index (χ3v) is 3.90. The van der Waals surface area contributed by atoms with Gasteiger partial charge in [0, 0.05) is 49.9 Å². The van der Waals surface area contributed by atoms with Crippen LogP contribution in [0, 0.1) is 0 Å². The molecule has 1 amide bonds. The van der Waals surface area contributed by atoms with E-state index in [1.54, 1.807) is 0 Å². The zero-order valence-corrected chi connectivity index (χ0v) is 12.7. The average Bonchev–Trinajstić information content (AvgIpc) is 2.47. The predicted molar refractivity (Wildman–Crippen MR) is 83.3 cm³/mol. The first-order chi connectivity index (χ1) is 9.69. The van der Waals surface area contributed by atoms with Gasteiger partial charge in [0.25, 0.3) is 0 Å². The number of amides is 1. The number of likely N-dealkylation sites (N-methyl/N-ethyl adjacent to an activating group) is 1. The van der Waals surface area contributed by atoms with Gasteiger partial charge in [-0.05, 0) is 24.7 Å². The van der Waals surface area contributed by atoms with E-state index in [0.717, 1.165) is 38.4 Å². The summed E-state index contributed by atoms with van der Waals surface area (Å²) in [6, 6.07) is 7.56. The van der Waals surface area contributed by atoms with E-state index in [-0.39, 0.29) is 5.91 Å². The summed E-state index contributed by atoms with van der Waals surface area (Å²) in [7, 11) is 0. The molecular formula is C15H22ClN3O. The topological polar surface area (TPSA) is 35.6 Å². The van der Waals surface area contributed by atoms with E-state index in [1.807, 2.05) is 29.2 Å². The van der Waals surface area contributed by atoms with Gasteiger partial charge in [-0.3, -0.25) is 4.79 Å². The van der Waals surface area contributed by atoms with Crippen molar-refractivity contribution in [2.45, 2.75) is 13.3 Å². The van der Waals surface area contributed by atoms with Crippen LogP contribution in [-0.2, 0) is 4.79 Å². The number of piperazine rings is 1. The van der Waals surface area contributed by atoms with Gasteiger partial charge < -0.3 is 15.1 Å². The van der Waals surface area contributed by atoms with Crippen molar-refractivity contribution in [1.82, 2.24) is 9.80 Å². The monoisotopic (exact) mass is 295 g/mol. The highest BCUT2D eigenvalue weighted by Crippen LogP contribution is 2.14. The minimum absolute atomic E-state index is 0.232. The Morgan fingerprint density at radius 1 is 1.30 bits per heavy atom. The van der Waals surface area contributed by atoms with E-state index >= 15 is 0 Å². The first-order valence-electron chi connectivity index (χ1n) is 7.18. The molecule has 0 spiro atoms. The second-order valence-electron chi connectivity index (χ2n) is 5.00. The van der Waals surface area contributed by atoms with Crippen molar-refractivity contribution in [2.24, 2.45) is 0 Å². The van der Waals surface area contributed by atoms with Crippen LogP contribution in [0.3, 0.4) is 0 Å². The van der Waals surface area contributed by atoms with Crippen molar-refractivity contribution in [3.8, 4) is 0 Å². The quantitative estimate of drug-likeness (QED) is 0.905. The normalized spacial score (nSPS) is 16.2. The molecule has 2 rings (SSSR count). The molecule has 0 atom stereocenters. The lowest BCUT2D eigenvalue weighted by Gasteiger charge is -2.34. The summed E-state index contributed by atoms with van der Waals surface area (Å²) in [5, 5.41) is 3.94. The van der Waals surface area contributed by atoms with E-state index in [1.165, 1.54) is 0 Å². The summed E-state index contributed by atoms with van der Waals surface area (Å²) in [5.41, 5.74) is 0.959. The summed E-state index contributed by atoms with van der Waals surface area (Å²) in [6.07, 6.45) is 0.526. The number of carbonyl (C=O) groups is 1. The molecular weight excluding hydrogens is 274 g/mol. The molecule has 1 N–H and O–H groups in total. The zero-order chi connectivity index (χ0) is 14.4. The SMILES string of the molecule is CCN1CCN(C(=O)CCNc2cccc(Cl)c2)CC1. The van der Waals surface area contributed by atoms with Crippen LogP contribution in [0.15, 0.2) is 24.3 Å². The van der Waals surface area contributed by atoms with Gasteiger partial charge in [0.2, 0.25) is 5.91 Å². The number of nitrogens with zero attached hydrogens (tertiary/aromatic N) is 2. The molecule has 0 radical (unpaired) electrons. The summed E-state index contributed by atoms with van der Waals surface area (Å²) in [5.74, 6) is 0.232. The Morgan fingerprint density at radius 3 is 2.70 bits per heavy atom. The summed E-state index contributed by atoms with van der Waals surface area (Å²) in [4.78, 5) is 16.4. The van der Waals surface area contributed by atoms with Crippen LogP contribution in [-0.4, -0.2) is 55.0 Å². The molecule has 0 saturated carbocycles. The molecule has 0 aromatic heterocycles. The Kier molecular flexibility index (Phi) is 5.68. The lowest BCUT2D eigenvalue weighted by atomic mass is 10.2. The van der Waals surface area contributed by atoms with Crippen LogP contribution in [0.1, 0.15) is 13.3 Å². The summed E-state index contributed by atoms with van der Waals surface area (Å²) in [6.45, 7) is 7.56. The van der Waals surface area contributed by atoms with Gasteiger partial charge in [0.05, 0.1) is 0 Å². The van der Waals surface area contributed by atoms with Crippen molar-refractivity contribution in [3.63, 3.8) is 0 Å². The van der Waals surface area contributed by atoms with E-state index in [4.69, 9.17) is 11.6 Å². The third kappa shape index (κ3) is 4.39. The summed E-state index contributed by atoms with van der Waals surface area (Å²) >= 11 is 5.92. The number of hydrogen-bond donors (Lipinski definition) is 1. The van der Waals surface area contributed by atoms with E-state index in [0.29, 0.717) is 18.0 Å². The minimum Gasteiger partial charge on any atom is -0.384 e. The van der Waals surface area contributed by atoms with Crippen LogP contribution >= 0.6 is 11.6 Å². The van der Waals surface area contributed by atoms with Crippen molar-refractivity contribution in [3.05, 3.63) is 29.3 Å². The van der Waals surface area contributed by atoms with Crippen molar-refractivity contribution < 1.29 is 4.79 Å². The predicted octanol–water partition coefficient (Wildman–Crippen LogP) is 2.31. The fourth-order valence-corrected chi connectivity index (χ4v) is 2.57. The van der Waals surface area contributed by atoms with Crippen molar-refractivity contribution >= 4 is 23.2 Å². The maximum absolute atomic E-state index is 12.1. The highest BCUT2D eigenvalue weighted by atomic mass is 35.5. The third-order valence-electron chi connectivity index (χ3n) is 3.66. The lowest BCUT2D eigenvalue weighted by molar-refractivity contribution is -0.132. The first kappa shape index (κ1) is 15.1. The molecule has 0 bridgehead atoms. The largest absolute Gasteiger partial charge is 0.384 e. The van der Waals surface area contributed by atoms with Gasteiger partial charge in [-0.25, -0.2) is 0 Å². The zero-order valence-electron chi connectivity index (χ0n) is 11.9. The van der Waals surface area contributed by atoms with Gasteiger partial charge in [0.15, 0.2) is 0 Å². The van der Waals surface area contributed by atoms with E-state index in [9.17, 15) is 4.79 Å². The maximum Gasteiger partial charge on any atom is 0.224 e. The molecule has 1 saturated heterocycles. The highest BCUT2D eigenvalue weighted by molar-refractivity contribution is 6.30. The maximum atomic E-state index is 12.1. The molecule has 0 unspecified atom stereocenters. The van der Waals surface area contributed by atoms with Gasteiger partial charge in [-0.1, -0.05) is 24.6 Å². The van der Waals surface area contributed by atoms with Crippen LogP contribution in [0.2, 0.25) is 5.02 Å². The molecule has 20 heavy (non-hydrogen) atoms. The van der Waals surface area contributed by atoms with E-state index in [2.05, 4.69) is 17.1 Å². The Balaban J connectivity index is 1.70. The number of benzene rings is 1. The molecule has 1 aliphatic rings. The van der Waals surface area contributed by atoms with Gasteiger partial charge in [-0.2, -0.15) is 0 Å². The minimum atomic E-state index is 0.232. The highest BCUT2D eigenvalue weighted by Gasteiger charge is 2.19. The standard InChI is InChI=1S/C15H22ClN3O/c1-2-18-8-10-19(11-9-18)15(20)6-7-17-14-5-3-4-13(16)12-14/h3-5,12,17H,2,6-11H2,1H3. The van der Waals surface area contributed by atoms with Crippen LogP contribution in [0.5, 0.6) is 0 Å². The number of hydrogen-bond acceptors (Lipinski definition) is 3. The lowest BCUT2D eigenvalue weighted by Crippen LogP contribution is -2.48. The Morgan fingerprint density at radius 2 is 2.05 bits per heavy atom. The average molecular weight is 296 g/mol. The van der Waals surface area contributed by atoms with Gasteiger partial charge >= 0.3 is 0 Å². The Labute approximate surface area is 125 Å². The Hall–Kier alpha value is -1.26.